The lowest BCUT2D eigenvalue weighted by molar-refractivity contribution is 0.400. The van der Waals surface area contributed by atoms with Gasteiger partial charge in [0.15, 0.2) is 0 Å². The van der Waals surface area contributed by atoms with Crippen LogP contribution < -0.4 is 0 Å². The molecule has 0 bridgehead atoms. The number of aliphatic hydroxyl groups excluding tert-OH is 1. The Kier molecular flexibility index (Phi) is 8.85. The molecule has 0 aromatic heterocycles. The van der Waals surface area contributed by atoms with E-state index in [0.717, 1.165) is 6.42 Å². The first-order valence-electron chi connectivity index (χ1n) is 5.30. The summed E-state index contributed by atoms with van der Waals surface area (Å²) in [7, 11) is 0. The van der Waals surface area contributed by atoms with Crippen LogP contribution in [0.2, 0.25) is 0 Å². The minimum absolute atomic E-state index is 0.463. The van der Waals surface area contributed by atoms with E-state index in [0.29, 0.717) is 12.2 Å². The Morgan fingerprint density at radius 3 is 2.54 bits per heavy atom. The molecule has 0 radical (unpaired) electrons. The lowest BCUT2D eigenvalue weighted by atomic mass is 10.1. The number of unbranched alkanes of at least 4 members (excludes halogenated alkanes) is 4. The fraction of sp³-hybridized carbons (Fsp3) is 0.667. The number of hydrogen-bond donors (Lipinski definition) is 1. The van der Waals surface area contributed by atoms with Gasteiger partial charge in [-0.2, -0.15) is 0 Å². The van der Waals surface area contributed by atoms with Crippen LogP contribution in [0.15, 0.2) is 24.0 Å². The van der Waals surface area contributed by atoms with Crippen molar-refractivity contribution in [1.29, 1.82) is 0 Å². The second kappa shape index (κ2) is 9.37. The summed E-state index contributed by atoms with van der Waals surface area (Å²) >= 11 is 0. The topological polar surface area (TPSA) is 20.2 Å². The predicted molar refractivity (Wildman–Crippen MR) is 58.9 cm³/mol. The van der Waals surface area contributed by atoms with Crippen LogP contribution in [0.4, 0.5) is 0 Å². The van der Waals surface area contributed by atoms with E-state index in [1.165, 1.54) is 25.7 Å². The lowest BCUT2D eigenvalue weighted by Crippen LogP contribution is -1.76. The SMILES string of the molecule is CC=C(O)CC=CCCCCCC. The fourth-order valence-corrected chi connectivity index (χ4v) is 1.13. The zero-order valence-electron chi connectivity index (χ0n) is 8.92. The molecule has 0 aromatic rings. The summed E-state index contributed by atoms with van der Waals surface area (Å²) in [6.45, 7) is 4.07. The maximum Gasteiger partial charge on any atom is 0.0917 e. The molecule has 0 atom stereocenters. The van der Waals surface area contributed by atoms with Gasteiger partial charge in [0.1, 0.15) is 0 Å². The smallest absolute Gasteiger partial charge is 0.0917 e. The monoisotopic (exact) mass is 182 g/mol. The summed E-state index contributed by atoms with van der Waals surface area (Å²) < 4.78 is 0. The Hall–Kier alpha value is -0.720. The minimum Gasteiger partial charge on any atom is -0.512 e. The van der Waals surface area contributed by atoms with Gasteiger partial charge in [-0.05, 0) is 25.8 Å². The molecular formula is C12H22O. The third-order valence-electron chi connectivity index (χ3n) is 2.05. The van der Waals surface area contributed by atoms with Crippen LogP contribution in [-0.2, 0) is 0 Å². The van der Waals surface area contributed by atoms with Crippen LogP contribution in [0.5, 0.6) is 0 Å². The Balaban J connectivity index is 3.22. The van der Waals surface area contributed by atoms with E-state index in [2.05, 4.69) is 13.0 Å². The average Bonchev–Trinajstić information content (AvgIpc) is 2.16. The van der Waals surface area contributed by atoms with Gasteiger partial charge >= 0.3 is 0 Å². The Morgan fingerprint density at radius 1 is 1.15 bits per heavy atom. The Labute approximate surface area is 82.2 Å². The molecule has 0 unspecified atom stereocenters. The van der Waals surface area contributed by atoms with E-state index in [-0.39, 0.29) is 0 Å². The fourth-order valence-electron chi connectivity index (χ4n) is 1.13. The summed E-state index contributed by atoms with van der Waals surface area (Å²) in [6.07, 6.45) is 13.0. The molecule has 0 heterocycles. The number of aliphatic hydroxyl groups is 1. The summed E-state index contributed by atoms with van der Waals surface area (Å²) in [5, 5.41) is 9.11. The van der Waals surface area contributed by atoms with Gasteiger partial charge in [-0.1, -0.05) is 38.3 Å². The van der Waals surface area contributed by atoms with Gasteiger partial charge in [-0.25, -0.2) is 0 Å². The van der Waals surface area contributed by atoms with Gasteiger partial charge in [-0.3, -0.25) is 0 Å². The maximum absolute atomic E-state index is 9.11. The molecule has 0 aliphatic heterocycles. The largest absolute Gasteiger partial charge is 0.512 e. The Morgan fingerprint density at radius 2 is 1.92 bits per heavy atom. The highest BCUT2D eigenvalue weighted by Gasteiger charge is 1.86. The van der Waals surface area contributed by atoms with Gasteiger partial charge in [-0.15, -0.1) is 0 Å². The van der Waals surface area contributed by atoms with Crippen molar-refractivity contribution in [2.75, 3.05) is 0 Å². The van der Waals surface area contributed by atoms with E-state index in [4.69, 9.17) is 5.11 Å². The molecule has 0 saturated heterocycles. The van der Waals surface area contributed by atoms with Crippen molar-refractivity contribution in [1.82, 2.24) is 0 Å². The number of hydrogen-bond acceptors (Lipinski definition) is 1. The molecule has 0 aromatic carbocycles. The number of rotatable bonds is 7. The predicted octanol–water partition coefficient (Wildman–Crippen LogP) is 4.36. The molecule has 1 heteroatoms. The molecule has 0 spiro atoms. The Bertz CT molecular complexity index is 157. The molecule has 0 fully saturated rings. The van der Waals surface area contributed by atoms with Crippen molar-refractivity contribution in [3.05, 3.63) is 24.0 Å². The van der Waals surface area contributed by atoms with Crippen molar-refractivity contribution in [2.24, 2.45) is 0 Å². The van der Waals surface area contributed by atoms with Gasteiger partial charge in [0.25, 0.3) is 0 Å². The second-order valence-corrected chi connectivity index (χ2v) is 3.30. The normalized spacial score (nSPS) is 12.6. The highest BCUT2D eigenvalue weighted by Crippen LogP contribution is 2.04. The standard InChI is InChI=1S/C12H22O/c1-3-5-6-7-8-9-10-11-12(13)4-2/h4,9-10,13H,3,5-8,11H2,1-2H3. The van der Waals surface area contributed by atoms with Crippen molar-refractivity contribution in [2.45, 2.75) is 52.4 Å². The molecule has 0 rings (SSSR count). The second-order valence-electron chi connectivity index (χ2n) is 3.30. The van der Waals surface area contributed by atoms with Gasteiger partial charge in [0.2, 0.25) is 0 Å². The van der Waals surface area contributed by atoms with E-state index in [1.807, 2.05) is 13.0 Å². The highest BCUT2D eigenvalue weighted by atomic mass is 16.3. The molecule has 0 aliphatic carbocycles. The van der Waals surface area contributed by atoms with E-state index in [9.17, 15) is 0 Å². The van der Waals surface area contributed by atoms with Crippen LogP contribution in [0.25, 0.3) is 0 Å². The molecular weight excluding hydrogens is 160 g/mol. The zero-order chi connectivity index (χ0) is 9.94. The molecule has 0 aliphatic rings. The molecule has 0 saturated carbocycles. The van der Waals surface area contributed by atoms with Gasteiger partial charge in [0, 0.05) is 6.42 Å². The molecule has 0 amide bonds. The summed E-state index contributed by atoms with van der Waals surface area (Å²) in [4.78, 5) is 0. The van der Waals surface area contributed by atoms with Gasteiger partial charge in [0.05, 0.1) is 5.76 Å². The zero-order valence-corrected chi connectivity index (χ0v) is 8.92. The molecule has 76 valence electrons. The first-order chi connectivity index (χ1) is 6.31. The summed E-state index contributed by atoms with van der Waals surface area (Å²) in [6, 6.07) is 0. The van der Waals surface area contributed by atoms with Gasteiger partial charge < -0.3 is 5.11 Å². The maximum atomic E-state index is 9.11. The molecule has 1 nitrogen and oxygen atoms in total. The van der Waals surface area contributed by atoms with Crippen LogP contribution in [0, 0.1) is 0 Å². The van der Waals surface area contributed by atoms with Crippen molar-refractivity contribution >= 4 is 0 Å². The summed E-state index contributed by atoms with van der Waals surface area (Å²) in [5.41, 5.74) is 0. The molecule has 1 N–H and O–H groups in total. The van der Waals surface area contributed by atoms with Crippen LogP contribution >= 0.6 is 0 Å². The third kappa shape index (κ3) is 9.19. The summed E-state index contributed by atoms with van der Waals surface area (Å²) in [5.74, 6) is 0.463. The van der Waals surface area contributed by atoms with Crippen molar-refractivity contribution in [3.63, 3.8) is 0 Å². The lowest BCUT2D eigenvalue weighted by Gasteiger charge is -1.94. The molecule has 13 heavy (non-hydrogen) atoms. The van der Waals surface area contributed by atoms with E-state index < -0.39 is 0 Å². The minimum atomic E-state index is 0.463. The highest BCUT2D eigenvalue weighted by molar-refractivity contribution is 4.97. The van der Waals surface area contributed by atoms with Crippen LogP contribution in [0.1, 0.15) is 52.4 Å². The van der Waals surface area contributed by atoms with E-state index in [1.54, 1.807) is 6.08 Å². The third-order valence-corrected chi connectivity index (χ3v) is 2.05. The first kappa shape index (κ1) is 12.3. The quantitative estimate of drug-likeness (QED) is 0.352. The first-order valence-corrected chi connectivity index (χ1v) is 5.30. The average molecular weight is 182 g/mol. The number of allylic oxidation sites excluding steroid dienone is 3. The van der Waals surface area contributed by atoms with E-state index >= 15 is 0 Å². The van der Waals surface area contributed by atoms with Crippen molar-refractivity contribution in [3.8, 4) is 0 Å². The van der Waals surface area contributed by atoms with Crippen LogP contribution in [0.3, 0.4) is 0 Å². The van der Waals surface area contributed by atoms with Crippen LogP contribution in [-0.4, -0.2) is 5.11 Å². The van der Waals surface area contributed by atoms with Crippen molar-refractivity contribution < 1.29 is 5.11 Å².